The summed E-state index contributed by atoms with van der Waals surface area (Å²) in [7, 11) is 0. The summed E-state index contributed by atoms with van der Waals surface area (Å²) in [5.74, 6) is 0.492. The second kappa shape index (κ2) is 7.95. The minimum Gasteiger partial charge on any atom is -0.396 e. The summed E-state index contributed by atoms with van der Waals surface area (Å²) in [4.78, 5) is 0. The molecule has 0 heterocycles. The van der Waals surface area contributed by atoms with E-state index in [2.05, 4.69) is 12.2 Å². The van der Waals surface area contributed by atoms with Gasteiger partial charge in [0.2, 0.25) is 0 Å². The van der Waals surface area contributed by atoms with Crippen molar-refractivity contribution in [3.63, 3.8) is 0 Å². The largest absolute Gasteiger partial charge is 0.396 e. The van der Waals surface area contributed by atoms with Crippen LogP contribution >= 0.6 is 0 Å². The van der Waals surface area contributed by atoms with E-state index in [0.29, 0.717) is 12.5 Å². The van der Waals surface area contributed by atoms with Crippen molar-refractivity contribution in [3.05, 3.63) is 0 Å². The Hall–Kier alpha value is -0.150. The summed E-state index contributed by atoms with van der Waals surface area (Å²) < 4.78 is 11.6. The highest BCUT2D eigenvalue weighted by molar-refractivity contribution is 4.59. The van der Waals surface area contributed by atoms with Crippen molar-refractivity contribution >= 4 is 0 Å². The van der Waals surface area contributed by atoms with Gasteiger partial charge in [-0.25, -0.2) is 4.39 Å². The average molecular weight is 163 g/mol. The van der Waals surface area contributed by atoms with Crippen molar-refractivity contribution in [1.82, 2.24) is 5.32 Å². The van der Waals surface area contributed by atoms with E-state index < -0.39 is 0 Å². The molecule has 0 bridgehead atoms. The van der Waals surface area contributed by atoms with Gasteiger partial charge < -0.3 is 10.4 Å². The van der Waals surface area contributed by atoms with Crippen molar-refractivity contribution < 1.29 is 9.50 Å². The average Bonchev–Trinajstić information content (AvgIpc) is 2.03. The van der Waals surface area contributed by atoms with E-state index in [1.54, 1.807) is 0 Å². The van der Waals surface area contributed by atoms with E-state index in [4.69, 9.17) is 5.11 Å². The zero-order valence-corrected chi connectivity index (χ0v) is 7.15. The normalized spacial score (nSPS) is 13.4. The lowest BCUT2D eigenvalue weighted by Gasteiger charge is -2.12. The monoisotopic (exact) mass is 163 g/mol. The zero-order valence-electron chi connectivity index (χ0n) is 7.15. The van der Waals surface area contributed by atoms with Gasteiger partial charge in [-0.05, 0) is 18.9 Å². The van der Waals surface area contributed by atoms with E-state index in [1.165, 1.54) is 0 Å². The lowest BCUT2D eigenvalue weighted by Crippen LogP contribution is -2.25. The van der Waals surface area contributed by atoms with Gasteiger partial charge in [0.1, 0.15) is 6.67 Å². The molecule has 2 N–H and O–H groups in total. The molecule has 1 unspecified atom stereocenters. The van der Waals surface area contributed by atoms with Gasteiger partial charge in [-0.15, -0.1) is 0 Å². The van der Waals surface area contributed by atoms with Crippen LogP contribution in [0.4, 0.5) is 4.39 Å². The maximum Gasteiger partial charge on any atom is 0.102 e. The first-order chi connectivity index (χ1) is 5.35. The van der Waals surface area contributed by atoms with Crippen LogP contribution in [-0.4, -0.2) is 31.5 Å². The molecule has 0 amide bonds. The molecule has 0 spiro atoms. The summed E-state index contributed by atoms with van der Waals surface area (Å²) in [5, 5.41) is 11.6. The SMILES string of the molecule is CCC(CCO)CNCCF. The maximum atomic E-state index is 11.6. The summed E-state index contributed by atoms with van der Waals surface area (Å²) in [6.45, 7) is 3.26. The molecule has 0 aliphatic rings. The Morgan fingerprint density at radius 3 is 2.73 bits per heavy atom. The predicted molar refractivity (Wildman–Crippen MR) is 44.3 cm³/mol. The van der Waals surface area contributed by atoms with Crippen LogP contribution in [0.1, 0.15) is 19.8 Å². The Kier molecular flexibility index (Phi) is 7.84. The molecule has 0 aliphatic heterocycles. The molecule has 11 heavy (non-hydrogen) atoms. The molecular formula is C8H18FNO. The van der Waals surface area contributed by atoms with Gasteiger partial charge in [-0.1, -0.05) is 13.3 Å². The molecule has 0 aromatic rings. The minimum atomic E-state index is -0.310. The fourth-order valence-electron chi connectivity index (χ4n) is 1.01. The van der Waals surface area contributed by atoms with Crippen LogP contribution in [0.15, 0.2) is 0 Å². The lowest BCUT2D eigenvalue weighted by atomic mass is 10.0. The molecule has 2 nitrogen and oxygen atoms in total. The van der Waals surface area contributed by atoms with E-state index in [9.17, 15) is 4.39 Å². The number of aliphatic hydroxyl groups excluding tert-OH is 1. The Labute approximate surface area is 67.8 Å². The Morgan fingerprint density at radius 1 is 1.55 bits per heavy atom. The third-order valence-corrected chi connectivity index (χ3v) is 1.82. The lowest BCUT2D eigenvalue weighted by molar-refractivity contribution is 0.250. The van der Waals surface area contributed by atoms with E-state index in [0.717, 1.165) is 19.4 Å². The summed E-state index contributed by atoms with van der Waals surface area (Å²) in [5.41, 5.74) is 0. The van der Waals surface area contributed by atoms with Crippen LogP contribution in [0.3, 0.4) is 0 Å². The highest BCUT2D eigenvalue weighted by Gasteiger charge is 2.03. The first-order valence-corrected chi connectivity index (χ1v) is 4.22. The first-order valence-electron chi connectivity index (χ1n) is 4.22. The highest BCUT2D eigenvalue weighted by Crippen LogP contribution is 2.04. The van der Waals surface area contributed by atoms with Crippen molar-refractivity contribution in [2.75, 3.05) is 26.4 Å². The van der Waals surface area contributed by atoms with E-state index >= 15 is 0 Å². The summed E-state index contributed by atoms with van der Waals surface area (Å²) in [6.07, 6.45) is 1.86. The number of hydrogen-bond acceptors (Lipinski definition) is 2. The molecule has 0 radical (unpaired) electrons. The molecule has 1 atom stereocenters. The maximum absolute atomic E-state index is 11.6. The van der Waals surface area contributed by atoms with Gasteiger partial charge >= 0.3 is 0 Å². The quantitative estimate of drug-likeness (QED) is 0.548. The van der Waals surface area contributed by atoms with Gasteiger partial charge in [0.15, 0.2) is 0 Å². The number of halogens is 1. The molecule has 0 saturated carbocycles. The summed E-state index contributed by atoms with van der Waals surface area (Å²) in [6, 6.07) is 0. The van der Waals surface area contributed by atoms with Gasteiger partial charge in [0.25, 0.3) is 0 Å². The number of aliphatic hydroxyl groups is 1. The predicted octanol–water partition coefficient (Wildman–Crippen LogP) is 0.954. The Morgan fingerprint density at radius 2 is 2.27 bits per heavy atom. The molecular weight excluding hydrogens is 145 g/mol. The highest BCUT2D eigenvalue weighted by atomic mass is 19.1. The van der Waals surface area contributed by atoms with Gasteiger partial charge in [-0.3, -0.25) is 0 Å². The van der Waals surface area contributed by atoms with Gasteiger partial charge in [0, 0.05) is 13.2 Å². The summed E-state index contributed by atoms with van der Waals surface area (Å²) >= 11 is 0. The minimum absolute atomic E-state index is 0.232. The fraction of sp³-hybridized carbons (Fsp3) is 1.00. The van der Waals surface area contributed by atoms with Crippen molar-refractivity contribution in [2.24, 2.45) is 5.92 Å². The Balaban J connectivity index is 3.20. The molecule has 0 aromatic heterocycles. The van der Waals surface area contributed by atoms with Gasteiger partial charge in [0.05, 0.1) is 0 Å². The smallest absolute Gasteiger partial charge is 0.102 e. The first kappa shape index (κ1) is 10.8. The standard InChI is InChI=1S/C8H18FNO/c1-2-8(3-6-11)7-10-5-4-9/h8,10-11H,2-7H2,1H3. The van der Waals surface area contributed by atoms with Crippen LogP contribution in [0, 0.1) is 5.92 Å². The van der Waals surface area contributed by atoms with Crippen LogP contribution < -0.4 is 5.32 Å². The molecule has 0 aliphatic carbocycles. The molecule has 0 saturated heterocycles. The second-order valence-electron chi connectivity index (χ2n) is 2.68. The molecule has 0 rings (SSSR count). The van der Waals surface area contributed by atoms with E-state index in [-0.39, 0.29) is 13.3 Å². The van der Waals surface area contributed by atoms with Crippen molar-refractivity contribution in [3.8, 4) is 0 Å². The molecule has 68 valence electrons. The van der Waals surface area contributed by atoms with Crippen molar-refractivity contribution in [2.45, 2.75) is 19.8 Å². The number of nitrogens with one attached hydrogen (secondary N) is 1. The third-order valence-electron chi connectivity index (χ3n) is 1.82. The number of hydrogen-bond donors (Lipinski definition) is 2. The molecule has 3 heteroatoms. The van der Waals surface area contributed by atoms with Gasteiger partial charge in [-0.2, -0.15) is 0 Å². The van der Waals surface area contributed by atoms with Crippen LogP contribution in [0.25, 0.3) is 0 Å². The number of rotatable bonds is 7. The molecule has 0 fully saturated rings. The Bertz CT molecular complexity index is 80.5. The third kappa shape index (κ3) is 6.26. The fourth-order valence-corrected chi connectivity index (χ4v) is 1.01. The van der Waals surface area contributed by atoms with E-state index in [1.807, 2.05) is 0 Å². The van der Waals surface area contributed by atoms with Crippen molar-refractivity contribution in [1.29, 1.82) is 0 Å². The van der Waals surface area contributed by atoms with Crippen LogP contribution in [0.2, 0.25) is 0 Å². The van der Waals surface area contributed by atoms with Crippen LogP contribution in [-0.2, 0) is 0 Å². The molecule has 0 aromatic carbocycles. The second-order valence-corrected chi connectivity index (χ2v) is 2.68. The topological polar surface area (TPSA) is 32.3 Å². The zero-order chi connectivity index (χ0) is 8.53. The van der Waals surface area contributed by atoms with Crippen LogP contribution in [0.5, 0.6) is 0 Å². The number of alkyl halides is 1.